The van der Waals surface area contributed by atoms with Gasteiger partial charge >= 0.3 is 0 Å². The zero-order valence-electron chi connectivity index (χ0n) is 13.0. The van der Waals surface area contributed by atoms with Gasteiger partial charge in [0, 0.05) is 48.5 Å². The van der Waals surface area contributed by atoms with Gasteiger partial charge in [0.05, 0.1) is 5.69 Å². The van der Waals surface area contributed by atoms with Gasteiger partial charge in [0.25, 0.3) is 0 Å². The molecule has 120 valence electrons. The van der Waals surface area contributed by atoms with E-state index < -0.39 is 0 Å². The van der Waals surface area contributed by atoms with Crippen molar-refractivity contribution >= 4 is 29.0 Å². The standard InChI is InChI=1S/C15H22N4OS2/c1-9(2)18-4-3-10-12(7-18)22-15(16-10)13-17-14(20)11-8-21-6-5-19(11)13/h9,11,13H,3-8H2,1-2H3,(H,17,20). The molecule has 2 unspecified atom stereocenters. The molecule has 4 rings (SSSR count). The van der Waals surface area contributed by atoms with Gasteiger partial charge in [-0.15, -0.1) is 11.3 Å². The summed E-state index contributed by atoms with van der Waals surface area (Å²) in [6, 6.07) is 0.616. The van der Waals surface area contributed by atoms with Crippen molar-refractivity contribution in [3.05, 3.63) is 15.6 Å². The Morgan fingerprint density at radius 2 is 2.23 bits per heavy atom. The lowest BCUT2D eigenvalue weighted by molar-refractivity contribution is -0.121. The maximum Gasteiger partial charge on any atom is 0.239 e. The van der Waals surface area contributed by atoms with E-state index in [-0.39, 0.29) is 18.1 Å². The number of thioether (sulfide) groups is 1. The van der Waals surface area contributed by atoms with Crippen LogP contribution in [0.15, 0.2) is 0 Å². The van der Waals surface area contributed by atoms with E-state index in [2.05, 4.69) is 29.0 Å². The SMILES string of the molecule is CC(C)N1CCc2nc(C3NC(=O)C4CSCCN43)sc2C1. The largest absolute Gasteiger partial charge is 0.333 e. The van der Waals surface area contributed by atoms with Crippen molar-refractivity contribution in [2.24, 2.45) is 0 Å². The minimum Gasteiger partial charge on any atom is -0.333 e. The van der Waals surface area contributed by atoms with Crippen LogP contribution in [0.1, 0.15) is 35.6 Å². The first-order valence-corrected chi connectivity index (χ1v) is 9.97. The molecule has 2 atom stereocenters. The summed E-state index contributed by atoms with van der Waals surface area (Å²) in [4.78, 5) is 23.3. The third-order valence-electron chi connectivity index (χ3n) is 4.82. The van der Waals surface area contributed by atoms with Gasteiger partial charge < -0.3 is 5.32 Å². The lowest BCUT2D eigenvalue weighted by Gasteiger charge is -2.29. The molecule has 2 fully saturated rings. The molecule has 0 radical (unpaired) electrons. The van der Waals surface area contributed by atoms with Crippen LogP contribution in [0.25, 0.3) is 0 Å². The molecule has 1 aromatic rings. The Kier molecular flexibility index (Phi) is 3.92. The van der Waals surface area contributed by atoms with E-state index in [4.69, 9.17) is 4.98 Å². The quantitative estimate of drug-likeness (QED) is 0.885. The van der Waals surface area contributed by atoms with Gasteiger partial charge in [-0.05, 0) is 13.8 Å². The molecule has 1 N–H and O–H groups in total. The number of fused-ring (bicyclic) bond motifs is 2. The molecule has 7 heteroatoms. The fraction of sp³-hybridized carbons (Fsp3) is 0.733. The van der Waals surface area contributed by atoms with Crippen LogP contribution in [0.3, 0.4) is 0 Å². The van der Waals surface area contributed by atoms with E-state index in [1.54, 1.807) is 11.3 Å². The highest BCUT2D eigenvalue weighted by molar-refractivity contribution is 7.99. The van der Waals surface area contributed by atoms with Crippen LogP contribution in [0.4, 0.5) is 0 Å². The minimum atomic E-state index is 0.00139. The summed E-state index contributed by atoms with van der Waals surface area (Å²) in [5, 5.41) is 4.25. The molecule has 0 saturated carbocycles. The number of aromatic nitrogens is 1. The molecule has 0 aliphatic carbocycles. The highest BCUT2D eigenvalue weighted by Gasteiger charge is 2.43. The van der Waals surface area contributed by atoms with E-state index in [0.29, 0.717) is 6.04 Å². The van der Waals surface area contributed by atoms with Gasteiger partial charge in [0.1, 0.15) is 17.2 Å². The number of nitrogens with zero attached hydrogens (tertiary/aromatic N) is 3. The summed E-state index contributed by atoms with van der Waals surface area (Å²) in [7, 11) is 0. The van der Waals surface area contributed by atoms with E-state index in [1.165, 1.54) is 10.6 Å². The monoisotopic (exact) mass is 338 g/mol. The van der Waals surface area contributed by atoms with Crippen LogP contribution >= 0.6 is 23.1 Å². The molecule has 3 aliphatic heterocycles. The highest BCUT2D eigenvalue weighted by atomic mass is 32.2. The zero-order valence-corrected chi connectivity index (χ0v) is 14.7. The van der Waals surface area contributed by atoms with Gasteiger partial charge in [0.15, 0.2) is 0 Å². The van der Waals surface area contributed by atoms with Crippen molar-refractivity contribution in [1.29, 1.82) is 0 Å². The lowest BCUT2D eigenvalue weighted by atomic mass is 10.1. The van der Waals surface area contributed by atoms with Gasteiger partial charge in [-0.2, -0.15) is 11.8 Å². The van der Waals surface area contributed by atoms with Gasteiger partial charge in [0.2, 0.25) is 5.91 Å². The van der Waals surface area contributed by atoms with Crippen molar-refractivity contribution < 1.29 is 4.79 Å². The Balaban J connectivity index is 1.58. The second-order valence-electron chi connectivity index (χ2n) is 6.48. The number of rotatable bonds is 2. The number of hydrogen-bond donors (Lipinski definition) is 1. The van der Waals surface area contributed by atoms with Crippen molar-refractivity contribution in [2.75, 3.05) is 24.6 Å². The van der Waals surface area contributed by atoms with Gasteiger partial charge in [-0.25, -0.2) is 4.98 Å². The number of hydrogen-bond acceptors (Lipinski definition) is 6. The van der Waals surface area contributed by atoms with E-state index in [9.17, 15) is 4.79 Å². The Morgan fingerprint density at radius 1 is 1.36 bits per heavy atom. The Bertz CT molecular complexity index is 588. The number of carbonyl (C=O) groups excluding carboxylic acids is 1. The van der Waals surface area contributed by atoms with Crippen LogP contribution < -0.4 is 5.32 Å². The Hall–Kier alpha value is -0.630. The minimum absolute atomic E-state index is 0.00139. The molecule has 5 nitrogen and oxygen atoms in total. The van der Waals surface area contributed by atoms with Crippen LogP contribution in [0.5, 0.6) is 0 Å². The van der Waals surface area contributed by atoms with E-state index in [1.807, 2.05) is 11.8 Å². The van der Waals surface area contributed by atoms with E-state index >= 15 is 0 Å². The number of carbonyl (C=O) groups is 1. The number of nitrogens with one attached hydrogen (secondary N) is 1. The average molecular weight is 339 g/mol. The normalized spacial score (nSPS) is 29.5. The first kappa shape index (κ1) is 14.9. The molecule has 2 saturated heterocycles. The summed E-state index contributed by atoms with van der Waals surface area (Å²) >= 11 is 3.67. The average Bonchev–Trinajstić information content (AvgIpc) is 3.08. The molecule has 4 heterocycles. The molecular weight excluding hydrogens is 316 g/mol. The fourth-order valence-corrected chi connectivity index (χ4v) is 5.75. The predicted octanol–water partition coefficient (Wildman–Crippen LogP) is 1.46. The van der Waals surface area contributed by atoms with Crippen molar-refractivity contribution in [3.63, 3.8) is 0 Å². The third-order valence-corrected chi connectivity index (χ3v) is 6.98. The summed E-state index contributed by atoms with van der Waals surface area (Å²) in [6.07, 6.45) is 1.03. The second kappa shape index (κ2) is 5.78. The van der Waals surface area contributed by atoms with Crippen molar-refractivity contribution in [2.45, 2.75) is 45.1 Å². The summed E-state index contributed by atoms with van der Waals surface area (Å²) in [6.45, 7) is 7.57. The van der Waals surface area contributed by atoms with Crippen LogP contribution in [-0.4, -0.2) is 57.4 Å². The van der Waals surface area contributed by atoms with Crippen molar-refractivity contribution in [1.82, 2.24) is 20.1 Å². The number of thiazole rings is 1. The first-order valence-electron chi connectivity index (χ1n) is 8.00. The highest BCUT2D eigenvalue weighted by Crippen LogP contribution is 2.35. The smallest absolute Gasteiger partial charge is 0.239 e. The molecule has 1 amide bonds. The molecule has 22 heavy (non-hydrogen) atoms. The summed E-state index contributed by atoms with van der Waals surface area (Å²) in [5.74, 6) is 2.19. The van der Waals surface area contributed by atoms with Crippen LogP contribution in [0, 0.1) is 0 Å². The Morgan fingerprint density at radius 3 is 3.05 bits per heavy atom. The zero-order chi connectivity index (χ0) is 15.3. The van der Waals surface area contributed by atoms with Gasteiger partial charge in [-0.3, -0.25) is 14.6 Å². The maximum atomic E-state index is 12.2. The molecular formula is C15H22N4OS2. The second-order valence-corrected chi connectivity index (χ2v) is 8.74. The predicted molar refractivity (Wildman–Crippen MR) is 90.1 cm³/mol. The van der Waals surface area contributed by atoms with Crippen LogP contribution in [-0.2, 0) is 17.8 Å². The summed E-state index contributed by atoms with van der Waals surface area (Å²) < 4.78 is 0. The lowest BCUT2D eigenvalue weighted by Crippen LogP contribution is -2.41. The topological polar surface area (TPSA) is 48.5 Å². The third kappa shape index (κ3) is 2.48. The van der Waals surface area contributed by atoms with E-state index in [0.717, 1.165) is 42.6 Å². The van der Waals surface area contributed by atoms with Crippen LogP contribution in [0.2, 0.25) is 0 Å². The maximum absolute atomic E-state index is 12.2. The first-order chi connectivity index (χ1) is 10.6. The van der Waals surface area contributed by atoms with Crippen molar-refractivity contribution in [3.8, 4) is 0 Å². The van der Waals surface area contributed by atoms with Gasteiger partial charge in [-0.1, -0.05) is 0 Å². The fourth-order valence-electron chi connectivity index (χ4n) is 3.46. The molecule has 0 bridgehead atoms. The molecule has 0 aromatic carbocycles. The summed E-state index contributed by atoms with van der Waals surface area (Å²) in [5.41, 5.74) is 1.25. The molecule has 0 spiro atoms. The number of amides is 1. The molecule has 3 aliphatic rings. The molecule has 1 aromatic heterocycles. The Labute approximate surface area is 139 Å².